The first-order valence-electron chi connectivity index (χ1n) is 6.69. The van der Waals surface area contributed by atoms with E-state index in [0.717, 1.165) is 41.1 Å². The van der Waals surface area contributed by atoms with Crippen LogP contribution in [0.25, 0.3) is 0 Å². The fourth-order valence-corrected chi connectivity index (χ4v) is 3.36. The number of hydrogen-bond acceptors (Lipinski definition) is 4. The van der Waals surface area contributed by atoms with Gasteiger partial charge in [0.05, 0.1) is 10.5 Å². The molecule has 0 aliphatic carbocycles. The average Bonchev–Trinajstić information content (AvgIpc) is 2.70. The Morgan fingerprint density at radius 2 is 2.21 bits per heavy atom. The van der Waals surface area contributed by atoms with Crippen LogP contribution in [0.15, 0.2) is 19.6 Å². The summed E-state index contributed by atoms with van der Waals surface area (Å²) in [6.07, 6.45) is 0. The summed E-state index contributed by atoms with van der Waals surface area (Å²) in [7, 11) is 0. The van der Waals surface area contributed by atoms with E-state index in [-0.39, 0.29) is 6.04 Å². The number of nitrogens with zero attached hydrogens (tertiary/aromatic N) is 2. The smallest absolute Gasteiger partial charge is 0.183 e. The number of hydrogen-bond donors (Lipinski definition) is 1. The second kappa shape index (κ2) is 6.72. The Labute approximate surface area is 131 Å². The molecule has 2 unspecified atom stereocenters. The number of furan rings is 1. The van der Waals surface area contributed by atoms with Crippen LogP contribution in [0.5, 0.6) is 0 Å². The van der Waals surface area contributed by atoms with Gasteiger partial charge in [0.1, 0.15) is 5.76 Å². The normalized spacial score (nSPS) is 23.7. The number of nitrogens with two attached hydrogens (primary N) is 1. The van der Waals surface area contributed by atoms with E-state index in [1.807, 2.05) is 6.07 Å². The minimum Gasteiger partial charge on any atom is -0.451 e. The van der Waals surface area contributed by atoms with E-state index in [1.54, 1.807) is 0 Å². The summed E-state index contributed by atoms with van der Waals surface area (Å²) in [5.41, 5.74) is 5.96. The van der Waals surface area contributed by atoms with Crippen molar-refractivity contribution in [2.45, 2.75) is 25.9 Å². The van der Waals surface area contributed by atoms with Gasteiger partial charge in [-0.1, -0.05) is 6.92 Å². The molecule has 1 aromatic rings. The molecule has 0 saturated carbocycles. The Balaban J connectivity index is 2.10. The summed E-state index contributed by atoms with van der Waals surface area (Å²) < 4.78 is 7.43. The first kappa shape index (κ1) is 15.5. The second-order valence-electron chi connectivity index (χ2n) is 4.99. The summed E-state index contributed by atoms with van der Waals surface area (Å²) in [5.74, 6) is 0.929. The van der Waals surface area contributed by atoms with Crippen LogP contribution in [-0.2, 0) is 0 Å². The largest absolute Gasteiger partial charge is 0.451 e. The van der Waals surface area contributed by atoms with Crippen LogP contribution in [0.1, 0.15) is 25.6 Å². The first-order valence-corrected chi connectivity index (χ1v) is 8.28. The van der Waals surface area contributed by atoms with E-state index in [4.69, 9.17) is 10.2 Å². The fraction of sp³-hybridized carbons (Fsp3) is 0.692. The maximum atomic E-state index is 5.96. The van der Waals surface area contributed by atoms with Gasteiger partial charge in [-0.25, -0.2) is 0 Å². The standard InChI is InChI=1S/C13H21Br2N3O/c1-3-17-4-5-18(8-9(17)2)11(7-16)12-6-10(14)13(15)19-12/h6,9,11H,3-5,7-8,16H2,1-2H3. The van der Waals surface area contributed by atoms with Crippen molar-refractivity contribution in [1.82, 2.24) is 9.80 Å². The molecular weight excluding hydrogens is 374 g/mol. The van der Waals surface area contributed by atoms with Crippen molar-refractivity contribution in [2.75, 3.05) is 32.7 Å². The lowest BCUT2D eigenvalue weighted by atomic mass is 10.1. The second-order valence-corrected chi connectivity index (χ2v) is 6.57. The third-order valence-electron chi connectivity index (χ3n) is 3.86. The molecule has 0 aromatic carbocycles. The summed E-state index contributed by atoms with van der Waals surface area (Å²) >= 11 is 6.85. The van der Waals surface area contributed by atoms with E-state index in [2.05, 4.69) is 55.5 Å². The minimum absolute atomic E-state index is 0.157. The van der Waals surface area contributed by atoms with Gasteiger partial charge >= 0.3 is 0 Å². The van der Waals surface area contributed by atoms with Gasteiger partial charge in [-0.15, -0.1) is 0 Å². The minimum atomic E-state index is 0.157. The Hall–Kier alpha value is 0.120. The Bertz CT molecular complexity index is 405. The van der Waals surface area contributed by atoms with Gasteiger partial charge in [0, 0.05) is 32.2 Å². The number of halogens is 2. The maximum Gasteiger partial charge on any atom is 0.183 e. The molecule has 19 heavy (non-hydrogen) atoms. The zero-order chi connectivity index (χ0) is 14.0. The SMILES string of the molecule is CCN1CCN(C(CN)c2cc(Br)c(Br)o2)CC1C. The highest BCUT2D eigenvalue weighted by molar-refractivity contribution is 9.13. The molecule has 2 N–H and O–H groups in total. The van der Waals surface area contributed by atoms with Gasteiger partial charge in [-0.05, 0) is 51.4 Å². The average molecular weight is 395 g/mol. The molecule has 0 spiro atoms. The van der Waals surface area contributed by atoms with Crippen LogP contribution in [0.4, 0.5) is 0 Å². The van der Waals surface area contributed by atoms with Crippen molar-refractivity contribution >= 4 is 31.9 Å². The lowest BCUT2D eigenvalue weighted by molar-refractivity contribution is 0.0538. The molecule has 0 bridgehead atoms. The molecule has 4 nitrogen and oxygen atoms in total. The zero-order valence-corrected chi connectivity index (χ0v) is 14.6. The summed E-state index contributed by atoms with van der Waals surface area (Å²) in [4.78, 5) is 4.92. The van der Waals surface area contributed by atoms with Gasteiger partial charge in [-0.3, -0.25) is 9.80 Å². The molecule has 1 fully saturated rings. The van der Waals surface area contributed by atoms with E-state index >= 15 is 0 Å². The van der Waals surface area contributed by atoms with Crippen molar-refractivity contribution in [2.24, 2.45) is 5.73 Å². The third kappa shape index (κ3) is 3.42. The molecule has 6 heteroatoms. The maximum absolute atomic E-state index is 5.96. The molecule has 0 radical (unpaired) electrons. The molecule has 2 heterocycles. The number of rotatable bonds is 4. The Morgan fingerprint density at radius 3 is 2.68 bits per heavy atom. The van der Waals surface area contributed by atoms with Crippen molar-refractivity contribution < 1.29 is 4.42 Å². The zero-order valence-electron chi connectivity index (χ0n) is 11.4. The molecule has 1 aliphatic heterocycles. The highest BCUT2D eigenvalue weighted by atomic mass is 79.9. The van der Waals surface area contributed by atoms with Crippen LogP contribution in [0.3, 0.4) is 0 Å². The third-order valence-corrected chi connectivity index (χ3v) is 5.57. The molecule has 0 amide bonds. The molecule has 2 rings (SSSR count). The van der Waals surface area contributed by atoms with Gasteiger partial charge in [0.25, 0.3) is 0 Å². The quantitative estimate of drug-likeness (QED) is 0.852. The lowest BCUT2D eigenvalue weighted by Crippen LogP contribution is -2.53. The van der Waals surface area contributed by atoms with Crippen molar-refractivity contribution in [3.63, 3.8) is 0 Å². The summed E-state index contributed by atoms with van der Waals surface area (Å²) in [6, 6.07) is 2.73. The molecule has 1 aliphatic rings. The van der Waals surface area contributed by atoms with E-state index < -0.39 is 0 Å². The lowest BCUT2D eigenvalue weighted by Gasteiger charge is -2.42. The van der Waals surface area contributed by atoms with Crippen LogP contribution in [0.2, 0.25) is 0 Å². The van der Waals surface area contributed by atoms with Gasteiger partial charge in [0.2, 0.25) is 0 Å². The van der Waals surface area contributed by atoms with E-state index in [9.17, 15) is 0 Å². The monoisotopic (exact) mass is 393 g/mol. The predicted molar refractivity (Wildman–Crippen MR) is 84.2 cm³/mol. The molecule has 1 saturated heterocycles. The molecule has 2 atom stereocenters. The molecular formula is C13H21Br2N3O. The summed E-state index contributed by atoms with van der Waals surface area (Å²) in [6.45, 7) is 9.34. The first-order chi connectivity index (χ1) is 9.06. The van der Waals surface area contributed by atoms with Gasteiger partial charge in [-0.2, -0.15) is 0 Å². The van der Waals surface area contributed by atoms with Crippen molar-refractivity contribution in [3.05, 3.63) is 21.0 Å². The van der Waals surface area contributed by atoms with Crippen LogP contribution in [-0.4, -0.2) is 48.6 Å². The van der Waals surface area contributed by atoms with Crippen LogP contribution >= 0.6 is 31.9 Å². The van der Waals surface area contributed by atoms with Crippen molar-refractivity contribution in [1.29, 1.82) is 0 Å². The van der Waals surface area contributed by atoms with Gasteiger partial charge < -0.3 is 10.2 Å². The Morgan fingerprint density at radius 1 is 1.47 bits per heavy atom. The van der Waals surface area contributed by atoms with Crippen LogP contribution < -0.4 is 5.73 Å². The number of piperazine rings is 1. The van der Waals surface area contributed by atoms with Gasteiger partial charge in [0.15, 0.2) is 4.67 Å². The highest BCUT2D eigenvalue weighted by Crippen LogP contribution is 2.32. The molecule has 1 aromatic heterocycles. The van der Waals surface area contributed by atoms with E-state index in [1.165, 1.54) is 0 Å². The van der Waals surface area contributed by atoms with E-state index in [0.29, 0.717) is 12.6 Å². The van der Waals surface area contributed by atoms with Crippen LogP contribution in [0, 0.1) is 0 Å². The number of likely N-dealkylation sites (N-methyl/N-ethyl adjacent to an activating group) is 1. The summed E-state index contributed by atoms with van der Waals surface area (Å²) in [5, 5.41) is 0. The molecule has 108 valence electrons. The van der Waals surface area contributed by atoms with Crippen molar-refractivity contribution in [3.8, 4) is 0 Å². The predicted octanol–water partition coefficient (Wildman–Crippen LogP) is 2.83. The topological polar surface area (TPSA) is 45.6 Å². The Kier molecular flexibility index (Phi) is 5.48. The highest BCUT2D eigenvalue weighted by Gasteiger charge is 2.29. The fourth-order valence-electron chi connectivity index (χ4n) is 2.75.